The second-order valence-electron chi connectivity index (χ2n) is 5.55. The van der Waals surface area contributed by atoms with Crippen LogP contribution in [-0.4, -0.2) is 4.98 Å². The second kappa shape index (κ2) is 7.43. The molecular formula is C19H12Cl3N2OS+. The topological polar surface area (TPSA) is 42.6 Å². The summed E-state index contributed by atoms with van der Waals surface area (Å²) in [5.41, 5.74) is 2.58. The monoisotopic (exact) mass is 421 g/mol. The molecule has 4 aromatic rings. The van der Waals surface area contributed by atoms with Crippen LogP contribution >= 0.6 is 46.1 Å². The first-order valence-corrected chi connectivity index (χ1v) is 9.71. The van der Waals surface area contributed by atoms with Gasteiger partial charge < -0.3 is 4.42 Å². The average molecular weight is 423 g/mol. The molecule has 0 aliphatic rings. The van der Waals surface area contributed by atoms with Crippen LogP contribution in [0.4, 0.5) is 10.8 Å². The molecule has 0 unspecified atom stereocenters. The lowest BCUT2D eigenvalue weighted by Crippen LogP contribution is -2.70. The molecular weight excluding hydrogens is 411 g/mol. The maximum Gasteiger partial charge on any atom is 0.288 e. The Kier molecular flexibility index (Phi) is 5.02. The van der Waals surface area contributed by atoms with Crippen LogP contribution in [-0.2, 0) is 0 Å². The lowest BCUT2D eigenvalue weighted by atomic mass is 10.2. The SMILES string of the molecule is Clc1ccc([NH2+]c2nc(-c3ccc(-c4cc(Cl)ccc4Cl)o3)cs2)cc1. The van der Waals surface area contributed by atoms with Crippen LogP contribution in [0.1, 0.15) is 0 Å². The van der Waals surface area contributed by atoms with Gasteiger partial charge in [0.15, 0.2) is 5.76 Å². The summed E-state index contributed by atoms with van der Waals surface area (Å²) >= 11 is 19.8. The Morgan fingerprint density at radius 1 is 0.846 bits per heavy atom. The second-order valence-corrected chi connectivity index (χ2v) is 7.72. The maximum absolute atomic E-state index is 6.24. The number of halogens is 3. The quantitative estimate of drug-likeness (QED) is 0.379. The molecule has 0 spiro atoms. The molecule has 0 bridgehead atoms. The number of aromatic nitrogens is 1. The Balaban J connectivity index is 1.57. The zero-order valence-corrected chi connectivity index (χ0v) is 16.3. The minimum Gasteiger partial charge on any atom is -0.454 e. The summed E-state index contributed by atoms with van der Waals surface area (Å²) in [6.07, 6.45) is 0. The van der Waals surface area contributed by atoms with E-state index in [4.69, 9.17) is 39.2 Å². The summed E-state index contributed by atoms with van der Waals surface area (Å²) < 4.78 is 5.94. The van der Waals surface area contributed by atoms with Crippen molar-refractivity contribution >= 4 is 57.0 Å². The third-order valence-corrected chi connectivity index (χ3v) is 5.34. The summed E-state index contributed by atoms with van der Waals surface area (Å²) in [5.74, 6) is 1.34. The molecule has 0 atom stereocenters. The number of furan rings is 1. The molecule has 2 N–H and O–H groups in total. The molecule has 0 aliphatic carbocycles. The van der Waals surface area contributed by atoms with Gasteiger partial charge in [0.1, 0.15) is 17.1 Å². The fraction of sp³-hybridized carbons (Fsp3) is 0. The minimum absolute atomic E-state index is 0.588. The molecule has 0 saturated heterocycles. The molecule has 4 rings (SSSR count). The van der Waals surface area contributed by atoms with E-state index >= 15 is 0 Å². The van der Waals surface area contributed by atoms with Crippen molar-refractivity contribution in [2.75, 3.05) is 0 Å². The maximum atomic E-state index is 6.24. The van der Waals surface area contributed by atoms with Gasteiger partial charge in [-0.05, 0) is 42.5 Å². The molecule has 0 aliphatic heterocycles. The van der Waals surface area contributed by atoms with E-state index < -0.39 is 0 Å². The molecule has 0 saturated carbocycles. The summed E-state index contributed by atoms with van der Waals surface area (Å²) in [7, 11) is 0. The number of nitrogens with zero attached hydrogens (tertiary/aromatic N) is 1. The molecule has 0 radical (unpaired) electrons. The zero-order valence-electron chi connectivity index (χ0n) is 13.2. The van der Waals surface area contributed by atoms with Gasteiger partial charge in [0, 0.05) is 33.1 Å². The van der Waals surface area contributed by atoms with E-state index in [-0.39, 0.29) is 0 Å². The molecule has 0 amide bonds. The fourth-order valence-electron chi connectivity index (χ4n) is 2.48. The van der Waals surface area contributed by atoms with E-state index in [1.54, 1.807) is 29.5 Å². The van der Waals surface area contributed by atoms with Gasteiger partial charge >= 0.3 is 0 Å². The van der Waals surface area contributed by atoms with Crippen LogP contribution in [0.15, 0.2) is 64.4 Å². The van der Waals surface area contributed by atoms with E-state index in [1.807, 2.05) is 47.1 Å². The van der Waals surface area contributed by atoms with Gasteiger partial charge in [-0.1, -0.05) is 46.1 Å². The van der Waals surface area contributed by atoms with E-state index in [9.17, 15) is 0 Å². The van der Waals surface area contributed by atoms with Crippen molar-refractivity contribution in [2.45, 2.75) is 0 Å². The summed E-state index contributed by atoms with van der Waals surface area (Å²) in [6.45, 7) is 0. The normalized spacial score (nSPS) is 11.0. The predicted octanol–water partition coefficient (Wildman–Crippen LogP) is 6.56. The van der Waals surface area contributed by atoms with Crippen molar-refractivity contribution in [3.8, 4) is 22.8 Å². The van der Waals surface area contributed by atoms with Crippen molar-refractivity contribution in [2.24, 2.45) is 0 Å². The lowest BCUT2D eigenvalue weighted by molar-refractivity contribution is -0.478. The fourth-order valence-corrected chi connectivity index (χ4v) is 3.74. The van der Waals surface area contributed by atoms with Gasteiger partial charge in [0.2, 0.25) is 0 Å². The van der Waals surface area contributed by atoms with Gasteiger partial charge in [0.25, 0.3) is 5.13 Å². The van der Waals surface area contributed by atoms with Gasteiger partial charge in [-0.3, -0.25) is 5.32 Å². The third-order valence-electron chi connectivity index (χ3n) is 3.73. The number of nitrogens with two attached hydrogens (primary N) is 1. The van der Waals surface area contributed by atoms with E-state index in [2.05, 4.69) is 4.98 Å². The highest BCUT2D eigenvalue weighted by atomic mass is 35.5. The van der Waals surface area contributed by atoms with Crippen molar-refractivity contribution in [3.63, 3.8) is 0 Å². The third kappa shape index (κ3) is 3.80. The molecule has 2 aromatic carbocycles. The Morgan fingerprint density at radius 3 is 2.38 bits per heavy atom. The summed E-state index contributed by atoms with van der Waals surface area (Å²) in [6, 6.07) is 16.7. The van der Waals surface area contributed by atoms with Crippen molar-refractivity contribution in [1.82, 2.24) is 4.98 Å². The Morgan fingerprint density at radius 2 is 1.58 bits per heavy atom. The highest BCUT2D eigenvalue weighted by Crippen LogP contribution is 2.34. The van der Waals surface area contributed by atoms with Gasteiger partial charge in [-0.25, -0.2) is 0 Å². The predicted molar refractivity (Wildman–Crippen MR) is 108 cm³/mol. The van der Waals surface area contributed by atoms with Crippen LogP contribution in [0.2, 0.25) is 15.1 Å². The lowest BCUT2D eigenvalue weighted by Gasteiger charge is -2.01. The minimum atomic E-state index is 0.588. The van der Waals surface area contributed by atoms with Crippen LogP contribution in [0.5, 0.6) is 0 Å². The number of quaternary nitrogens is 1. The smallest absolute Gasteiger partial charge is 0.288 e. The standard InChI is InChI=1S/C19H11Cl3N2OS/c20-11-1-4-13(5-2-11)23-19-24-16(10-26-19)18-8-7-17(25-18)14-9-12(21)3-6-15(14)22/h1-10H,(H,23,24)/p+1. The molecule has 7 heteroatoms. The number of thiazole rings is 1. The van der Waals surface area contributed by atoms with Gasteiger partial charge in [-0.15, -0.1) is 0 Å². The van der Waals surface area contributed by atoms with Crippen LogP contribution in [0.3, 0.4) is 0 Å². The molecule has 26 heavy (non-hydrogen) atoms. The molecule has 130 valence electrons. The van der Waals surface area contributed by atoms with Gasteiger partial charge in [0.05, 0.1) is 5.02 Å². The van der Waals surface area contributed by atoms with E-state index in [0.29, 0.717) is 26.6 Å². The van der Waals surface area contributed by atoms with Crippen molar-refractivity contribution in [1.29, 1.82) is 0 Å². The van der Waals surface area contributed by atoms with Crippen molar-refractivity contribution in [3.05, 3.63) is 75.0 Å². The Hall–Kier alpha value is -1.82. The van der Waals surface area contributed by atoms with Gasteiger partial charge in [-0.2, -0.15) is 4.98 Å². The first-order valence-electron chi connectivity index (χ1n) is 7.70. The first-order chi connectivity index (χ1) is 12.6. The number of benzene rings is 2. The van der Waals surface area contributed by atoms with E-state index in [1.165, 1.54) is 0 Å². The molecule has 2 heterocycles. The Bertz CT molecular complexity index is 1060. The summed E-state index contributed by atoms with van der Waals surface area (Å²) in [4.78, 5) is 4.62. The van der Waals surface area contributed by atoms with E-state index in [0.717, 1.165) is 22.1 Å². The van der Waals surface area contributed by atoms with Crippen molar-refractivity contribution < 1.29 is 9.73 Å². The van der Waals surface area contributed by atoms with Crippen LogP contribution in [0, 0.1) is 0 Å². The zero-order chi connectivity index (χ0) is 18.1. The highest BCUT2D eigenvalue weighted by Gasteiger charge is 2.14. The molecule has 0 fully saturated rings. The number of rotatable bonds is 4. The largest absolute Gasteiger partial charge is 0.454 e. The summed E-state index contributed by atoms with van der Waals surface area (Å²) in [5, 5.41) is 6.76. The first kappa shape index (κ1) is 17.6. The Labute approximate surface area is 169 Å². The number of hydrogen-bond acceptors (Lipinski definition) is 3. The highest BCUT2D eigenvalue weighted by molar-refractivity contribution is 7.13. The van der Waals surface area contributed by atoms with Crippen LogP contribution < -0.4 is 5.32 Å². The molecule has 3 nitrogen and oxygen atoms in total. The number of hydrogen-bond donors (Lipinski definition) is 1. The average Bonchev–Trinajstić information content (AvgIpc) is 3.28. The van der Waals surface area contributed by atoms with Crippen LogP contribution in [0.25, 0.3) is 22.8 Å². The molecule has 2 aromatic heterocycles.